The number of aromatic nitrogens is 2. The van der Waals surface area contributed by atoms with Crippen LogP contribution in [0.2, 0.25) is 0 Å². The van der Waals surface area contributed by atoms with E-state index in [1.165, 1.54) is 36.8 Å². The minimum absolute atomic E-state index is 0.128. The van der Waals surface area contributed by atoms with Gasteiger partial charge in [0, 0.05) is 19.6 Å². The van der Waals surface area contributed by atoms with Gasteiger partial charge in [-0.1, -0.05) is 19.3 Å². The molecule has 0 amide bonds. The Balaban J connectivity index is 1.91. The highest BCUT2D eigenvalue weighted by molar-refractivity contribution is 9.10. The first kappa shape index (κ1) is 15.0. The second kappa shape index (κ2) is 6.08. The summed E-state index contributed by atoms with van der Waals surface area (Å²) in [5.41, 5.74) is 0.696. The van der Waals surface area contributed by atoms with Gasteiger partial charge in [0.2, 0.25) is 0 Å². The molecule has 0 unspecified atom stereocenters. The molecule has 21 heavy (non-hydrogen) atoms. The van der Waals surface area contributed by atoms with Crippen molar-refractivity contribution in [1.82, 2.24) is 9.78 Å². The number of anilines is 1. The molecule has 3 rings (SSSR count). The van der Waals surface area contributed by atoms with Gasteiger partial charge in [0.25, 0.3) is 5.56 Å². The zero-order valence-electron chi connectivity index (χ0n) is 12.3. The van der Waals surface area contributed by atoms with Crippen molar-refractivity contribution < 1.29 is 5.11 Å². The number of β-amino-alcohol motifs (C(OH)–C–C–N with tert-alkyl or cyclic N) is 1. The number of aliphatic hydroxyl groups is 1. The van der Waals surface area contributed by atoms with Crippen LogP contribution in [0.1, 0.15) is 38.5 Å². The third kappa shape index (κ3) is 2.88. The zero-order chi connectivity index (χ0) is 15.0. The Bertz CT molecular complexity index is 569. The van der Waals surface area contributed by atoms with E-state index in [9.17, 15) is 9.90 Å². The van der Waals surface area contributed by atoms with Gasteiger partial charge in [0.15, 0.2) is 0 Å². The molecule has 1 aromatic rings. The Labute approximate surface area is 133 Å². The molecule has 1 aliphatic carbocycles. The van der Waals surface area contributed by atoms with Crippen molar-refractivity contribution >= 4 is 21.6 Å². The minimum Gasteiger partial charge on any atom is -0.391 e. The maximum absolute atomic E-state index is 12.1. The van der Waals surface area contributed by atoms with E-state index in [1.807, 2.05) is 0 Å². The van der Waals surface area contributed by atoms with Crippen LogP contribution < -0.4 is 10.5 Å². The predicted molar refractivity (Wildman–Crippen MR) is 85.5 cm³/mol. The van der Waals surface area contributed by atoms with E-state index < -0.39 is 0 Å². The molecule has 2 heterocycles. The first-order valence-corrected chi connectivity index (χ1v) is 8.53. The third-order valence-corrected chi connectivity index (χ3v) is 5.63. The van der Waals surface area contributed by atoms with Crippen molar-refractivity contribution in [1.29, 1.82) is 0 Å². The molecule has 0 radical (unpaired) electrons. The van der Waals surface area contributed by atoms with Gasteiger partial charge < -0.3 is 10.0 Å². The van der Waals surface area contributed by atoms with Crippen LogP contribution in [0.15, 0.2) is 15.5 Å². The molecule has 2 fully saturated rings. The van der Waals surface area contributed by atoms with E-state index in [4.69, 9.17) is 0 Å². The normalized spacial score (nSPS) is 27.3. The number of hydrogen-bond acceptors (Lipinski definition) is 4. The molecule has 1 saturated carbocycles. The van der Waals surface area contributed by atoms with Crippen molar-refractivity contribution in [2.75, 3.05) is 11.4 Å². The van der Waals surface area contributed by atoms with Gasteiger partial charge in [0.1, 0.15) is 4.47 Å². The lowest BCUT2D eigenvalue weighted by Crippen LogP contribution is -2.38. The number of aliphatic hydroxyl groups excluding tert-OH is 1. The van der Waals surface area contributed by atoms with E-state index >= 15 is 0 Å². The summed E-state index contributed by atoms with van der Waals surface area (Å²) in [7, 11) is 1.65. The van der Waals surface area contributed by atoms with Crippen molar-refractivity contribution in [2.24, 2.45) is 13.0 Å². The van der Waals surface area contributed by atoms with Crippen molar-refractivity contribution in [3.63, 3.8) is 0 Å². The van der Waals surface area contributed by atoms with Gasteiger partial charge in [-0.25, -0.2) is 4.68 Å². The largest absolute Gasteiger partial charge is 0.391 e. The SMILES string of the molecule is Cn1ncc(N2C[C@@H](O)C[C@@H]2C2CCCCC2)c(Br)c1=O. The quantitative estimate of drug-likeness (QED) is 0.881. The first-order chi connectivity index (χ1) is 10.1. The van der Waals surface area contributed by atoms with Crippen LogP contribution in [-0.2, 0) is 7.05 Å². The standard InChI is InChI=1S/C15H22BrN3O2/c1-18-15(21)14(16)13(8-17-18)19-9-11(20)7-12(19)10-5-3-2-4-6-10/h8,10-12,20H,2-7,9H2,1H3/t11-,12+/m0/s1. The summed E-state index contributed by atoms with van der Waals surface area (Å²) in [6.45, 7) is 0.592. The van der Waals surface area contributed by atoms with E-state index in [2.05, 4.69) is 25.9 Å². The van der Waals surface area contributed by atoms with Gasteiger partial charge in [-0.15, -0.1) is 0 Å². The molecular formula is C15H22BrN3O2. The third-order valence-electron chi connectivity index (χ3n) is 4.88. The fourth-order valence-corrected chi connectivity index (χ4v) is 4.37. The average molecular weight is 356 g/mol. The summed E-state index contributed by atoms with van der Waals surface area (Å²) in [6.07, 6.45) is 8.55. The summed E-state index contributed by atoms with van der Waals surface area (Å²) in [5.74, 6) is 0.617. The van der Waals surface area contributed by atoms with Crippen molar-refractivity contribution in [3.05, 3.63) is 21.0 Å². The highest BCUT2D eigenvalue weighted by Crippen LogP contribution is 2.38. The number of halogens is 1. The van der Waals surface area contributed by atoms with E-state index in [1.54, 1.807) is 13.2 Å². The molecule has 0 aromatic carbocycles. The van der Waals surface area contributed by atoms with E-state index in [-0.39, 0.29) is 11.7 Å². The Kier molecular flexibility index (Phi) is 4.36. The van der Waals surface area contributed by atoms with Crippen molar-refractivity contribution in [3.8, 4) is 0 Å². The first-order valence-electron chi connectivity index (χ1n) is 7.74. The molecule has 1 saturated heterocycles. The van der Waals surface area contributed by atoms with Crippen LogP contribution in [0.4, 0.5) is 5.69 Å². The van der Waals surface area contributed by atoms with Crippen LogP contribution in [-0.4, -0.2) is 33.6 Å². The average Bonchev–Trinajstić information content (AvgIpc) is 2.88. The molecule has 2 atom stereocenters. The molecule has 1 aliphatic heterocycles. The van der Waals surface area contributed by atoms with Gasteiger partial charge in [-0.2, -0.15) is 5.10 Å². The maximum Gasteiger partial charge on any atom is 0.282 e. The summed E-state index contributed by atoms with van der Waals surface area (Å²) >= 11 is 3.42. The molecule has 1 aromatic heterocycles. The fraction of sp³-hybridized carbons (Fsp3) is 0.733. The van der Waals surface area contributed by atoms with Crippen LogP contribution in [0.25, 0.3) is 0 Å². The van der Waals surface area contributed by atoms with Gasteiger partial charge >= 0.3 is 0 Å². The number of hydrogen-bond donors (Lipinski definition) is 1. The number of nitrogens with zero attached hydrogens (tertiary/aromatic N) is 3. The van der Waals surface area contributed by atoms with Gasteiger partial charge in [-0.3, -0.25) is 4.79 Å². The number of rotatable bonds is 2. The van der Waals surface area contributed by atoms with Crippen LogP contribution in [0, 0.1) is 5.92 Å². The topological polar surface area (TPSA) is 58.4 Å². The molecule has 2 aliphatic rings. The number of aryl methyl sites for hydroxylation is 1. The monoisotopic (exact) mass is 355 g/mol. The summed E-state index contributed by atoms with van der Waals surface area (Å²) in [5, 5.41) is 14.3. The van der Waals surface area contributed by atoms with Crippen LogP contribution in [0.5, 0.6) is 0 Å². The lowest BCUT2D eigenvalue weighted by molar-refractivity contribution is 0.185. The zero-order valence-corrected chi connectivity index (χ0v) is 13.9. The molecule has 0 bridgehead atoms. The van der Waals surface area contributed by atoms with E-state index in [0.29, 0.717) is 23.0 Å². The van der Waals surface area contributed by atoms with Crippen LogP contribution in [0.3, 0.4) is 0 Å². The summed E-state index contributed by atoms with van der Waals surface area (Å²) in [4.78, 5) is 14.3. The minimum atomic E-state index is -0.312. The highest BCUT2D eigenvalue weighted by atomic mass is 79.9. The van der Waals surface area contributed by atoms with Crippen LogP contribution >= 0.6 is 15.9 Å². The molecule has 0 spiro atoms. The summed E-state index contributed by atoms with van der Waals surface area (Å²) in [6, 6.07) is 0.325. The smallest absolute Gasteiger partial charge is 0.282 e. The second-order valence-electron chi connectivity index (χ2n) is 6.28. The van der Waals surface area contributed by atoms with Crippen molar-refractivity contribution in [2.45, 2.75) is 50.7 Å². The van der Waals surface area contributed by atoms with E-state index in [0.717, 1.165) is 12.1 Å². The molecule has 116 valence electrons. The lowest BCUT2D eigenvalue weighted by Gasteiger charge is -2.35. The molecular weight excluding hydrogens is 334 g/mol. The van der Waals surface area contributed by atoms with Gasteiger partial charge in [-0.05, 0) is 41.1 Å². The van der Waals surface area contributed by atoms with Gasteiger partial charge in [0.05, 0.1) is 18.0 Å². The lowest BCUT2D eigenvalue weighted by atomic mass is 9.82. The highest BCUT2D eigenvalue weighted by Gasteiger charge is 2.38. The molecule has 5 nitrogen and oxygen atoms in total. The summed E-state index contributed by atoms with van der Waals surface area (Å²) < 4.78 is 1.88. The maximum atomic E-state index is 12.1. The Hall–Kier alpha value is -0.880. The predicted octanol–water partition coefficient (Wildman–Crippen LogP) is 2.06. The molecule has 1 N–H and O–H groups in total. The second-order valence-corrected chi connectivity index (χ2v) is 7.07. The fourth-order valence-electron chi connectivity index (χ4n) is 3.79. The Morgan fingerprint density at radius 1 is 1.33 bits per heavy atom. The Morgan fingerprint density at radius 2 is 2.05 bits per heavy atom. The molecule has 6 heteroatoms. The Morgan fingerprint density at radius 3 is 2.76 bits per heavy atom.